The van der Waals surface area contributed by atoms with Crippen LogP contribution in [0.3, 0.4) is 0 Å². The summed E-state index contributed by atoms with van der Waals surface area (Å²) in [5.74, 6) is 0. The number of hydrogen-bond acceptors (Lipinski definition) is 4. The number of aromatic nitrogens is 1. The van der Waals surface area contributed by atoms with Crippen LogP contribution in [0.15, 0.2) is 5.38 Å². The Balaban J connectivity index is 2.44. The first-order valence-corrected chi connectivity index (χ1v) is 5.46. The smallest absolute Gasteiger partial charge is 0.106 e. The van der Waals surface area contributed by atoms with Crippen LogP contribution in [0.2, 0.25) is 0 Å². The molecule has 1 aromatic heterocycles. The molecule has 0 spiro atoms. The summed E-state index contributed by atoms with van der Waals surface area (Å²) in [6, 6.07) is 0. The van der Waals surface area contributed by atoms with Gasteiger partial charge in [-0.05, 0) is 20.0 Å². The first-order valence-electron chi connectivity index (χ1n) is 4.58. The lowest BCUT2D eigenvalue weighted by atomic mass is 10.4. The molecule has 1 rings (SSSR count). The van der Waals surface area contributed by atoms with E-state index in [4.69, 9.17) is 5.73 Å². The van der Waals surface area contributed by atoms with Gasteiger partial charge < -0.3 is 10.6 Å². The van der Waals surface area contributed by atoms with Crippen molar-refractivity contribution in [3.05, 3.63) is 16.1 Å². The van der Waals surface area contributed by atoms with Crippen LogP contribution in [0.4, 0.5) is 0 Å². The summed E-state index contributed by atoms with van der Waals surface area (Å²) in [6.07, 6.45) is 1.18. The number of hydrogen-bond donors (Lipinski definition) is 1. The third-order valence-corrected chi connectivity index (χ3v) is 2.73. The summed E-state index contributed by atoms with van der Waals surface area (Å²) in [5.41, 5.74) is 6.63. The molecular formula is C9H17N3S. The minimum Gasteiger partial charge on any atom is -0.325 e. The molecule has 0 radical (unpaired) electrons. The second-order valence-corrected chi connectivity index (χ2v) is 4.12. The zero-order chi connectivity index (χ0) is 9.68. The molecule has 0 aliphatic carbocycles. The molecule has 0 aliphatic rings. The van der Waals surface area contributed by atoms with Crippen LogP contribution in [0, 0.1) is 0 Å². The molecule has 1 aromatic rings. The van der Waals surface area contributed by atoms with Crippen molar-refractivity contribution in [1.29, 1.82) is 0 Å². The standard InChI is InChI=1S/C9H17N3S/c1-3-4-12(2)6-8-7-13-9(5-10)11-8/h7H,3-6,10H2,1-2H3. The Morgan fingerprint density at radius 2 is 2.38 bits per heavy atom. The van der Waals surface area contributed by atoms with Crippen molar-refractivity contribution < 1.29 is 0 Å². The zero-order valence-electron chi connectivity index (χ0n) is 8.29. The van der Waals surface area contributed by atoms with Gasteiger partial charge in [-0.2, -0.15) is 0 Å². The quantitative estimate of drug-likeness (QED) is 0.780. The summed E-state index contributed by atoms with van der Waals surface area (Å²) >= 11 is 1.65. The minimum atomic E-state index is 0.558. The summed E-state index contributed by atoms with van der Waals surface area (Å²) < 4.78 is 0. The molecule has 0 bridgehead atoms. The maximum Gasteiger partial charge on any atom is 0.106 e. The van der Waals surface area contributed by atoms with Gasteiger partial charge in [-0.15, -0.1) is 11.3 Å². The highest BCUT2D eigenvalue weighted by Gasteiger charge is 2.03. The number of thiazole rings is 1. The Labute approximate surface area is 83.6 Å². The molecule has 0 aromatic carbocycles. The van der Waals surface area contributed by atoms with Crippen LogP contribution in [0.5, 0.6) is 0 Å². The highest BCUT2D eigenvalue weighted by Crippen LogP contribution is 2.10. The SMILES string of the molecule is CCCN(C)Cc1csc(CN)n1. The van der Waals surface area contributed by atoms with E-state index in [1.54, 1.807) is 11.3 Å². The molecule has 0 fully saturated rings. The second kappa shape index (κ2) is 5.32. The van der Waals surface area contributed by atoms with Crippen molar-refractivity contribution in [1.82, 2.24) is 9.88 Å². The molecule has 0 amide bonds. The largest absolute Gasteiger partial charge is 0.325 e. The van der Waals surface area contributed by atoms with Gasteiger partial charge in [0, 0.05) is 18.5 Å². The average molecular weight is 199 g/mol. The van der Waals surface area contributed by atoms with E-state index in [0.29, 0.717) is 6.54 Å². The molecule has 0 aliphatic heterocycles. The summed E-state index contributed by atoms with van der Waals surface area (Å²) in [5, 5.41) is 3.12. The first kappa shape index (κ1) is 10.6. The van der Waals surface area contributed by atoms with Gasteiger partial charge in [0.2, 0.25) is 0 Å². The monoisotopic (exact) mass is 199 g/mol. The number of nitrogens with two attached hydrogens (primary N) is 1. The van der Waals surface area contributed by atoms with Crippen LogP contribution in [-0.4, -0.2) is 23.5 Å². The predicted octanol–water partition coefficient (Wildman–Crippen LogP) is 1.44. The van der Waals surface area contributed by atoms with Crippen LogP contribution < -0.4 is 5.73 Å². The van der Waals surface area contributed by atoms with Gasteiger partial charge in [0.25, 0.3) is 0 Å². The summed E-state index contributed by atoms with van der Waals surface area (Å²) in [4.78, 5) is 6.68. The zero-order valence-corrected chi connectivity index (χ0v) is 9.10. The van der Waals surface area contributed by atoms with Gasteiger partial charge >= 0.3 is 0 Å². The van der Waals surface area contributed by atoms with E-state index in [1.165, 1.54) is 6.42 Å². The van der Waals surface area contributed by atoms with E-state index in [9.17, 15) is 0 Å². The Hall–Kier alpha value is -0.450. The molecule has 2 N–H and O–H groups in total. The van der Waals surface area contributed by atoms with E-state index < -0.39 is 0 Å². The van der Waals surface area contributed by atoms with Gasteiger partial charge in [-0.25, -0.2) is 4.98 Å². The third kappa shape index (κ3) is 3.42. The fourth-order valence-electron chi connectivity index (χ4n) is 1.25. The fourth-order valence-corrected chi connectivity index (χ4v) is 1.92. The maximum absolute atomic E-state index is 5.49. The Kier molecular flexibility index (Phi) is 4.35. The predicted molar refractivity (Wildman–Crippen MR) is 56.6 cm³/mol. The molecule has 0 unspecified atom stereocenters. The van der Waals surface area contributed by atoms with Crippen molar-refractivity contribution in [2.24, 2.45) is 5.73 Å². The van der Waals surface area contributed by atoms with E-state index in [0.717, 1.165) is 23.8 Å². The van der Waals surface area contributed by atoms with Crippen molar-refractivity contribution in [2.75, 3.05) is 13.6 Å². The Morgan fingerprint density at radius 1 is 1.62 bits per heavy atom. The van der Waals surface area contributed by atoms with E-state index in [-0.39, 0.29) is 0 Å². The molecular weight excluding hydrogens is 182 g/mol. The fraction of sp³-hybridized carbons (Fsp3) is 0.667. The molecule has 74 valence electrons. The average Bonchev–Trinajstić information content (AvgIpc) is 2.52. The van der Waals surface area contributed by atoms with Crippen molar-refractivity contribution in [2.45, 2.75) is 26.4 Å². The van der Waals surface area contributed by atoms with Gasteiger partial charge in [0.05, 0.1) is 5.69 Å². The van der Waals surface area contributed by atoms with Gasteiger partial charge in [0.1, 0.15) is 5.01 Å². The number of nitrogens with zero attached hydrogens (tertiary/aromatic N) is 2. The summed E-state index contributed by atoms with van der Waals surface area (Å²) in [6.45, 7) is 4.80. The van der Waals surface area contributed by atoms with Crippen LogP contribution in [0.25, 0.3) is 0 Å². The normalized spacial score (nSPS) is 11.1. The van der Waals surface area contributed by atoms with Gasteiger partial charge in [0.15, 0.2) is 0 Å². The van der Waals surface area contributed by atoms with Crippen LogP contribution in [0.1, 0.15) is 24.0 Å². The maximum atomic E-state index is 5.49. The van der Waals surface area contributed by atoms with Crippen LogP contribution >= 0.6 is 11.3 Å². The second-order valence-electron chi connectivity index (χ2n) is 3.17. The van der Waals surface area contributed by atoms with E-state index in [2.05, 4.69) is 29.2 Å². The lowest BCUT2D eigenvalue weighted by Crippen LogP contribution is -2.18. The molecule has 0 saturated heterocycles. The van der Waals surface area contributed by atoms with E-state index in [1.807, 2.05) is 0 Å². The minimum absolute atomic E-state index is 0.558. The topological polar surface area (TPSA) is 42.1 Å². The van der Waals surface area contributed by atoms with Crippen molar-refractivity contribution in [3.8, 4) is 0 Å². The van der Waals surface area contributed by atoms with Gasteiger partial charge in [-0.1, -0.05) is 6.92 Å². The molecule has 1 heterocycles. The Bertz CT molecular complexity index is 247. The Morgan fingerprint density at radius 3 is 2.92 bits per heavy atom. The van der Waals surface area contributed by atoms with E-state index >= 15 is 0 Å². The first-order chi connectivity index (χ1) is 6.26. The highest BCUT2D eigenvalue weighted by molar-refractivity contribution is 7.09. The van der Waals surface area contributed by atoms with Gasteiger partial charge in [-0.3, -0.25) is 0 Å². The molecule has 0 saturated carbocycles. The molecule has 3 nitrogen and oxygen atoms in total. The molecule has 13 heavy (non-hydrogen) atoms. The lowest BCUT2D eigenvalue weighted by molar-refractivity contribution is 0.324. The highest BCUT2D eigenvalue weighted by atomic mass is 32.1. The third-order valence-electron chi connectivity index (χ3n) is 1.81. The van der Waals surface area contributed by atoms with Crippen molar-refractivity contribution in [3.63, 3.8) is 0 Å². The number of rotatable bonds is 5. The van der Waals surface area contributed by atoms with Crippen LogP contribution in [-0.2, 0) is 13.1 Å². The lowest BCUT2D eigenvalue weighted by Gasteiger charge is -2.12. The molecule has 0 atom stereocenters. The van der Waals surface area contributed by atoms with Crippen molar-refractivity contribution >= 4 is 11.3 Å². The molecule has 4 heteroatoms. The summed E-state index contributed by atoms with van der Waals surface area (Å²) in [7, 11) is 2.12.